The van der Waals surface area contributed by atoms with Crippen molar-refractivity contribution < 1.29 is 9.53 Å². The third-order valence-electron chi connectivity index (χ3n) is 3.74. The van der Waals surface area contributed by atoms with Crippen LogP contribution in [-0.2, 0) is 4.79 Å². The summed E-state index contributed by atoms with van der Waals surface area (Å²) >= 11 is 0. The number of ether oxygens (including phenoxy) is 1. The van der Waals surface area contributed by atoms with Gasteiger partial charge in [-0.15, -0.1) is 0 Å². The van der Waals surface area contributed by atoms with Gasteiger partial charge in [-0.05, 0) is 25.0 Å². The van der Waals surface area contributed by atoms with Gasteiger partial charge in [0.05, 0.1) is 5.69 Å². The number of amides is 1. The smallest absolute Gasteiger partial charge is 0.265 e. The van der Waals surface area contributed by atoms with E-state index >= 15 is 0 Å². The van der Waals surface area contributed by atoms with Gasteiger partial charge in [-0.3, -0.25) is 4.79 Å². The Kier molecular flexibility index (Phi) is 2.75. The fourth-order valence-electron chi connectivity index (χ4n) is 2.81. The lowest BCUT2D eigenvalue weighted by molar-refractivity contribution is -0.126. The summed E-state index contributed by atoms with van der Waals surface area (Å²) in [5.41, 5.74) is 0.796. The zero-order chi connectivity index (χ0) is 11.7. The molecule has 17 heavy (non-hydrogen) atoms. The van der Waals surface area contributed by atoms with Crippen molar-refractivity contribution in [2.45, 2.75) is 38.2 Å². The summed E-state index contributed by atoms with van der Waals surface area (Å²) in [4.78, 5) is 12.0. The molecule has 1 fully saturated rings. The van der Waals surface area contributed by atoms with Crippen molar-refractivity contribution >= 4 is 11.6 Å². The Morgan fingerprint density at radius 3 is 2.71 bits per heavy atom. The molecule has 1 unspecified atom stereocenters. The Hall–Kier alpha value is -1.51. The summed E-state index contributed by atoms with van der Waals surface area (Å²) in [6.45, 7) is 0. The van der Waals surface area contributed by atoms with Crippen molar-refractivity contribution in [3.05, 3.63) is 24.3 Å². The van der Waals surface area contributed by atoms with Crippen molar-refractivity contribution in [3.63, 3.8) is 0 Å². The normalized spacial score (nSPS) is 24.7. The minimum atomic E-state index is -0.287. The standard InChI is InChI=1S/C14H17NO2/c16-14-13(10-6-2-1-3-7-10)17-12-9-5-4-8-11(12)15-14/h4-5,8-10,13H,1-3,6-7H2,(H,15,16). The lowest BCUT2D eigenvalue weighted by Gasteiger charge is -2.33. The molecule has 1 amide bonds. The molecule has 0 radical (unpaired) electrons. The monoisotopic (exact) mass is 231 g/mol. The Bertz CT molecular complexity index is 424. The van der Waals surface area contributed by atoms with Crippen molar-refractivity contribution in [2.75, 3.05) is 5.32 Å². The van der Waals surface area contributed by atoms with Crippen LogP contribution in [-0.4, -0.2) is 12.0 Å². The van der Waals surface area contributed by atoms with E-state index in [1.807, 2.05) is 24.3 Å². The van der Waals surface area contributed by atoms with Crippen molar-refractivity contribution in [1.82, 2.24) is 0 Å². The lowest BCUT2D eigenvalue weighted by atomic mass is 9.84. The summed E-state index contributed by atoms with van der Waals surface area (Å²) in [6.07, 6.45) is 5.67. The van der Waals surface area contributed by atoms with Crippen LogP contribution in [0.25, 0.3) is 0 Å². The van der Waals surface area contributed by atoms with Gasteiger partial charge in [0.15, 0.2) is 6.10 Å². The van der Waals surface area contributed by atoms with Crippen LogP contribution in [0.1, 0.15) is 32.1 Å². The molecule has 3 nitrogen and oxygen atoms in total. The van der Waals surface area contributed by atoms with Crippen LogP contribution in [0.4, 0.5) is 5.69 Å². The molecule has 1 N–H and O–H groups in total. The summed E-state index contributed by atoms with van der Waals surface area (Å²) in [5, 5.41) is 2.94. The maximum atomic E-state index is 12.0. The number of para-hydroxylation sites is 2. The van der Waals surface area contributed by atoms with Crippen LogP contribution in [0, 0.1) is 5.92 Å². The van der Waals surface area contributed by atoms with Crippen molar-refractivity contribution in [3.8, 4) is 5.75 Å². The quantitative estimate of drug-likeness (QED) is 0.807. The molecule has 0 saturated heterocycles. The maximum Gasteiger partial charge on any atom is 0.265 e. The molecule has 2 aliphatic rings. The minimum Gasteiger partial charge on any atom is -0.478 e. The molecular weight excluding hydrogens is 214 g/mol. The van der Waals surface area contributed by atoms with Crippen LogP contribution in [0.3, 0.4) is 0 Å². The van der Waals surface area contributed by atoms with E-state index in [9.17, 15) is 4.79 Å². The minimum absolute atomic E-state index is 0.0237. The number of fused-ring (bicyclic) bond motifs is 1. The number of benzene rings is 1. The zero-order valence-corrected chi connectivity index (χ0v) is 9.82. The van der Waals surface area contributed by atoms with Gasteiger partial charge in [-0.1, -0.05) is 31.4 Å². The number of anilines is 1. The second-order valence-corrected chi connectivity index (χ2v) is 4.92. The Balaban J connectivity index is 1.81. The highest BCUT2D eigenvalue weighted by Crippen LogP contribution is 2.35. The van der Waals surface area contributed by atoms with E-state index in [0.29, 0.717) is 5.92 Å². The molecule has 0 spiro atoms. The molecule has 1 heterocycles. The first-order valence-electron chi connectivity index (χ1n) is 6.41. The molecule has 0 bridgehead atoms. The summed E-state index contributed by atoms with van der Waals surface area (Å²) in [6, 6.07) is 7.65. The molecular formula is C14H17NO2. The molecule has 90 valence electrons. The number of carbonyl (C=O) groups excluding carboxylic acids is 1. The van der Waals surface area contributed by atoms with Gasteiger partial charge in [0.25, 0.3) is 5.91 Å². The highest BCUT2D eigenvalue weighted by Gasteiger charge is 2.34. The van der Waals surface area contributed by atoms with Gasteiger partial charge in [-0.2, -0.15) is 0 Å². The number of hydrogen-bond acceptors (Lipinski definition) is 2. The summed E-state index contributed by atoms with van der Waals surface area (Å²) < 4.78 is 5.87. The van der Waals surface area contributed by atoms with Crippen LogP contribution < -0.4 is 10.1 Å². The predicted octanol–water partition coefficient (Wildman–Crippen LogP) is 2.97. The fourth-order valence-corrected chi connectivity index (χ4v) is 2.81. The van der Waals surface area contributed by atoms with Gasteiger partial charge in [0.2, 0.25) is 0 Å². The van der Waals surface area contributed by atoms with E-state index in [0.717, 1.165) is 24.3 Å². The number of nitrogens with one attached hydrogen (secondary N) is 1. The van der Waals surface area contributed by atoms with E-state index in [-0.39, 0.29) is 12.0 Å². The number of carbonyl (C=O) groups is 1. The molecule has 1 aromatic rings. The Morgan fingerprint density at radius 1 is 1.12 bits per heavy atom. The number of hydrogen-bond donors (Lipinski definition) is 1. The third kappa shape index (κ3) is 2.02. The summed E-state index contributed by atoms with van der Waals surface area (Å²) in [7, 11) is 0. The fraction of sp³-hybridized carbons (Fsp3) is 0.500. The first-order chi connectivity index (χ1) is 8.34. The molecule has 0 aromatic heterocycles. The molecule has 3 heteroatoms. The highest BCUT2D eigenvalue weighted by molar-refractivity contribution is 5.97. The molecule has 1 aliphatic carbocycles. The Morgan fingerprint density at radius 2 is 1.88 bits per heavy atom. The first-order valence-corrected chi connectivity index (χ1v) is 6.41. The lowest BCUT2D eigenvalue weighted by Crippen LogP contribution is -2.43. The van der Waals surface area contributed by atoms with E-state index < -0.39 is 0 Å². The van der Waals surface area contributed by atoms with E-state index in [1.54, 1.807) is 0 Å². The highest BCUT2D eigenvalue weighted by atomic mass is 16.5. The molecule has 3 rings (SSSR count). The van der Waals surface area contributed by atoms with Gasteiger partial charge in [0.1, 0.15) is 5.75 Å². The van der Waals surface area contributed by atoms with Gasteiger partial charge in [-0.25, -0.2) is 0 Å². The molecule has 1 atom stereocenters. The van der Waals surface area contributed by atoms with Crippen molar-refractivity contribution in [2.24, 2.45) is 5.92 Å². The van der Waals surface area contributed by atoms with E-state index in [1.165, 1.54) is 19.3 Å². The Labute approximate surface area is 101 Å². The topological polar surface area (TPSA) is 38.3 Å². The van der Waals surface area contributed by atoms with Crippen LogP contribution >= 0.6 is 0 Å². The molecule has 1 aliphatic heterocycles. The van der Waals surface area contributed by atoms with E-state index in [2.05, 4.69) is 5.32 Å². The predicted molar refractivity (Wildman–Crippen MR) is 66.1 cm³/mol. The van der Waals surface area contributed by atoms with Crippen LogP contribution in [0.5, 0.6) is 5.75 Å². The van der Waals surface area contributed by atoms with Gasteiger partial charge in [0, 0.05) is 5.92 Å². The van der Waals surface area contributed by atoms with Gasteiger partial charge < -0.3 is 10.1 Å². The van der Waals surface area contributed by atoms with Crippen LogP contribution in [0.2, 0.25) is 0 Å². The van der Waals surface area contributed by atoms with Crippen LogP contribution in [0.15, 0.2) is 24.3 Å². The first kappa shape index (κ1) is 10.6. The molecule has 1 aromatic carbocycles. The average molecular weight is 231 g/mol. The average Bonchev–Trinajstić information content (AvgIpc) is 2.39. The summed E-state index contributed by atoms with van der Waals surface area (Å²) in [5.74, 6) is 1.22. The van der Waals surface area contributed by atoms with Crippen molar-refractivity contribution in [1.29, 1.82) is 0 Å². The second-order valence-electron chi connectivity index (χ2n) is 4.92. The second kappa shape index (κ2) is 4.40. The van der Waals surface area contributed by atoms with Gasteiger partial charge >= 0.3 is 0 Å². The largest absolute Gasteiger partial charge is 0.478 e. The molecule has 1 saturated carbocycles. The maximum absolute atomic E-state index is 12.0. The SMILES string of the molecule is O=C1Nc2ccccc2OC1C1CCCCC1. The van der Waals surface area contributed by atoms with E-state index in [4.69, 9.17) is 4.74 Å². The number of rotatable bonds is 1. The zero-order valence-electron chi connectivity index (χ0n) is 9.82. The third-order valence-corrected chi connectivity index (χ3v) is 3.74.